The molecule has 2 amide bonds. The zero-order valence-corrected chi connectivity index (χ0v) is 13.4. The fourth-order valence-electron chi connectivity index (χ4n) is 2.69. The Morgan fingerprint density at radius 3 is 2.95 bits per heavy atom. The molecule has 7 heteroatoms. The molecule has 1 fully saturated rings. The normalized spacial score (nSPS) is 24.6. The fraction of sp³-hybridized carbons (Fsp3) is 0.533. The highest BCUT2D eigenvalue weighted by Crippen LogP contribution is 2.30. The topological polar surface area (TPSA) is 61.8 Å². The molecule has 1 aromatic carbocycles. The first-order valence-corrected chi connectivity index (χ1v) is 7.41. The minimum absolute atomic E-state index is 0.0139. The van der Waals surface area contributed by atoms with Crippen molar-refractivity contribution in [1.82, 2.24) is 10.2 Å². The van der Waals surface area contributed by atoms with Crippen molar-refractivity contribution in [3.8, 4) is 0 Å². The van der Waals surface area contributed by atoms with Gasteiger partial charge in [0.1, 0.15) is 5.82 Å². The van der Waals surface area contributed by atoms with Gasteiger partial charge in [0.05, 0.1) is 18.2 Å². The average Bonchev–Trinajstić information content (AvgIpc) is 2.84. The summed E-state index contributed by atoms with van der Waals surface area (Å²) >= 11 is 5.94. The lowest BCUT2D eigenvalue weighted by molar-refractivity contribution is 0.0948. The highest BCUT2D eigenvalue weighted by Gasteiger charge is 2.44. The van der Waals surface area contributed by atoms with Gasteiger partial charge in [0.15, 0.2) is 0 Å². The van der Waals surface area contributed by atoms with Crippen LogP contribution < -0.4 is 5.32 Å². The molecule has 2 rings (SSSR count). The quantitative estimate of drug-likeness (QED) is 0.889. The van der Waals surface area contributed by atoms with Crippen LogP contribution in [0.15, 0.2) is 18.2 Å². The minimum atomic E-state index is -0.691. The first-order valence-electron chi connectivity index (χ1n) is 7.03. The number of urea groups is 1. The van der Waals surface area contributed by atoms with Gasteiger partial charge in [-0.2, -0.15) is 0 Å². The van der Waals surface area contributed by atoms with Gasteiger partial charge in [0.25, 0.3) is 0 Å². The van der Waals surface area contributed by atoms with E-state index in [0.29, 0.717) is 13.0 Å². The Morgan fingerprint density at radius 1 is 1.64 bits per heavy atom. The molecule has 2 atom stereocenters. The highest BCUT2D eigenvalue weighted by atomic mass is 35.5. The van der Waals surface area contributed by atoms with E-state index in [0.717, 1.165) is 0 Å². The number of carbonyl (C=O) groups is 1. The van der Waals surface area contributed by atoms with Crippen LogP contribution in [0.1, 0.15) is 18.9 Å². The van der Waals surface area contributed by atoms with E-state index in [-0.39, 0.29) is 35.9 Å². The summed E-state index contributed by atoms with van der Waals surface area (Å²) in [6.07, 6.45) is 0.424. The third kappa shape index (κ3) is 3.34. The maximum atomic E-state index is 13.7. The molecule has 2 unspecified atom stereocenters. The number of methoxy groups -OCH3 is 1. The minimum Gasteiger partial charge on any atom is -0.394 e. The average molecular weight is 331 g/mol. The van der Waals surface area contributed by atoms with Gasteiger partial charge < -0.3 is 20.1 Å². The van der Waals surface area contributed by atoms with E-state index in [1.54, 1.807) is 20.1 Å². The Bertz CT molecular complexity index is 537. The number of aliphatic hydroxyl groups excluding tert-OH is 1. The van der Waals surface area contributed by atoms with Crippen LogP contribution in [0.4, 0.5) is 9.18 Å². The Hall–Kier alpha value is -1.37. The van der Waals surface area contributed by atoms with E-state index < -0.39 is 11.4 Å². The van der Waals surface area contributed by atoms with Crippen molar-refractivity contribution in [2.45, 2.75) is 31.5 Å². The summed E-state index contributed by atoms with van der Waals surface area (Å²) in [6.45, 7) is 1.99. The Labute approximate surface area is 134 Å². The van der Waals surface area contributed by atoms with Crippen LogP contribution >= 0.6 is 11.6 Å². The van der Waals surface area contributed by atoms with E-state index in [2.05, 4.69) is 5.32 Å². The molecule has 0 aromatic heterocycles. The fourth-order valence-corrected chi connectivity index (χ4v) is 2.92. The summed E-state index contributed by atoms with van der Waals surface area (Å²) in [7, 11) is 1.57. The van der Waals surface area contributed by atoms with Gasteiger partial charge in [-0.05, 0) is 19.1 Å². The van der Waals surface area contributed by atoms with Gasteiger partial charge in [-0.3, -0.25) is 0 Å². The van der Waals surface area contributed by atoms with Gasteiger partial charge in [-0.25, -0.2) is 9.18 Å². The number of benzene rings is 1. The first kappa shape index (κ1) is 17.0. The number of nitrogens with zero attached hydrogens (tertiary/aromatic N) is 1. The van der Waals surface area contributed by atoms with Gasteiger partial charge in [-0.15, -0.1) is 0 Å². The number of halogens is 2. The molecule has 1 heterocycles. The van der Waals surface area contributed by atoms with Crippen LogP contribution in [0.2, 0.25) is 5.02 Å². The van der Waals surface area contributed by atoms with Crippen molar-refractivity contribution in [3.63, 3.8) is 0 Å². The third-order valence-corrected chi connectivity index (χ3v) is 4.46. The highest BCUT2D eigenvalue weighted by molar-refractivity contribution is 6.31. The monoisotopic (exact) mass is 330 g/mol. The number of nitrogens with one attached hydrogen (secondary N) is 1. The molecule has 1 aliphatic rings. The molecule has 0 spiro atoms. The van der Waals surface area contributed by atoms with Gasteiger partial charge in [-0.1, -0.05) is 17.7 Å². The van der Waals surface area contributed by atoms with Gasteiger partial charge >= 0.3 is 6.03 Å². The number of likely N-dealkylation sites (tertiary alicyclic amines) is 1. The van der Waals surface area contributed by atoms with Crippen molar-refractivity contribution < 1.29 is 19.0 Å². The largest absolute Gasteiger partial charge is 0.394 e. The van der Waals surface area contributed by atoms with Gasteiger partial charge in [0.2, 0.25) is 0 Å². The molecule has 122 valence electrons. The Morgan fingerprint density at radius 2 is 2.36 bits per heavy atom. The molecular formula is C15H20ClFN2O3. The summed E-state index contributed by atoms with van der Waals surface area (Å²) < 4.78 is 19.0. The van der Waals surface area contributed by atoms with Crippen LogP contribution in [0, 0.1) is 5.82 Å². The zero-order chi connectivity index (χ0) is 16.3. The van der Waals surface area contributed by atoms with E-state index in [1.807, 2.05) is 0 Å². The molecule has 0 aliphatic carbocycles. The number of carbonyl (C=O) groups excluding carboxylic acids is 1. The Kier molecular flexibility index (Phi) is 5.26. The van der Waals surface area contributed by atoms with Crippen LogP contribution in [0.3, 0.4) is 0 Å². The standard InChI is InChI=1S/C15H20ClFN2O3/c1-15(9-20)6-10(22-2)8-19(15)14(21)18-7-11-12(16)4-3-5-13(11)17/h3-5,10,20H,6-9H2,1-2H3,(H,18,21). The second-order valence-electron chi connectivity index (χ2n) is 5.69. The molecule has 0 saturated carbocycles. The van der Waals surface area contributed by atoms with E-state index >= 15 is 0 Å². The summed E-state index contributed by atoms with van der Waals surface area (Å²) in [6, 6.07) is 3.99. The van der Waals surface area contributed by atoms with Crippen LogP contribution in [0.25, 0.3) is 0 Å². The molecular weight excluding hydrogens is 311 g/mol. The predicted octanol–water partition coefficient (Wildman–Crippen LogP) is 2.16. The number of aliphatic hydroxyl groups is 1. The zero-order valence-electron chi connectivity index (χ0n) is 12.6. The predicted molar refractivity (Wildman–Crippen MR) is 81.3 cm³/mol. The van der Waals surface area contributed by atoms with Gasteiger partial charge in [0, 0.05) is 37.2 Å². The van der Waals surface area contributed by atoms with Crippen molar-refractivity contribution >= 4 is 17.6 Å². The van der Waals surface area contributed by atoms with Crippen molar-refractivity contribution in [2.24, 2.45) is 0 Å². The number of ether oxygens (including phenoxy) is 1. The van der Waals surface area contributed by atoms with Crippen LogP contribution in [-0.2, 0) is 11.3 Å². The van der Waals surface area contributed by atoms with Crippen molar-refractivity contribution in [2.75, 3.05) is 20.3 Å². The van der Waals surface area contributed by atoms with Crippen LogP contribution in [-0.4, -0.2) is 47.9 Å². The molecule has 0 radical (unpaired) electrons. The number of hydrogen-bond acceptors (Lipinski definition) is 3. The lowest BCUT2D eigenvalue weighted by Crippen LogP contribution is -2.51. The second-order valence-corrected chi connectivity index (χ2v) is 6.09. The summed E-state index contributed by atoms with van der Waals surface area (Å²) in [5.41, 5.74) is -0.449. The number of hydrogen-bond donors (Lipinski definition) is 2. The van der Waals surface area contributed by atoms with E-state index in [4.69, 9.17) is 16.3 Å². The lowest BCUT2D eigenvalue weighted by atomic mass is 10.00. The van der Waals surface area contributed by atoms with E-state index in [1.165, 1.54) is 17.0 Å². The molecule has 1 saturated heterocycles. The molecule has 22 heavy (non-hydrogen) atoms. The first-order chi connectivity index (χ1) is 10.4. The molecule has 1 aromatic rings. The van der Waals surface area contributed by atoms with E-state index in [9.17, 15) is 14.3 Å². The molecule has 2 N–H and O–H groups in total. The lowest BCUT2D eigenvalue weighted by Gasteiger charge is -2.33. The SMILES string of the molecule is COC1CN(C(=O)NCc2c(F)cccc2Cl)C(C)(CO)C1. The smallest absolute Gasteiger partial charge is 0.318 e. The second kappa shape index (κ2) is 6.81. The molecule has 5 nitrogen and oxygen atoms in total. The maximum absolute atomic E-state index is 13.7. The molecule has 1 aliphatic heterocycles. The van der Waals surface area contributed by atoms with Crippen LogP contribution in [0.5, 0.6) is 0 Å². The van der Waals surface area contributed by atoms with Crippen molar-refractivity contribution in [3.05, 3.63) is 34.6 Å². The number of rotatable bonds is 4. The summed E-state index contributed by atoms with van der Waals surface area (Å²) in [4.78, 5) is 13.9. The van der Waals surface area contributed by atoms with Crippen molar-refractivity contribution in [1.29, 1.82) is 0 Å². The third-order valence-electron chi connectivity index (χ3n) is 4.10. The Balaban J connectivity index is 2.06. The number of amides is 2. The molecule has 0 bridgehead atoms. The summed E-state index contributed by atoms with van der Waals surface area (Å²) in [5, 5.41) is 12.5. The summed E-state index contributed by atoms with van der Waals surface area (Å²) in [5.74, 6) is -0.464. The maximum Gasteiger partial charge on any atom is 0.318 e.